The van der Waals surface area contributed by atoms with Crippen LogP contribution in [0.5, 0.6) is 0 Å². The van der Waals surface area contributed by atoms with E-state index in [1.165, 1.54) is 23.9 Å². The number of benzene rings is 1. The molecule has 0 saturated heterocycles. The zero-order valence-electron chi connectivity index (χ0n) is 10.8. The van der Waals surface area contributed by atoms with E-state index in [0.717, 1.165) is 4.90 Å². The first kappa shape index (κ1) is 14.9. The predicted molar refractivity (Wildman–Crippen MR) is 71.5 cm³/mol. The summed E-state index contributed by atoms with van der Waals surface area (Å²) in [5.41, 5.74) is 4.97. The van der Waals surface area contributed by atoms with Crippen molar-refractivity contribution in [1.82, 2.24) is 9.78 Å². The van der Waals surface area contributed by atoms with Gasteiger partial charge in [0.15, 0.2) is 0 Å². The Bertz CT molecular complexity index is 593. The first-order valence-corrected chi connectivity index (χ1v) is 6.78. The fourth-order valence-corrected chi connectivity index (χ4v) is 2.73. The van der Waals surface area contributed by atoms with E-state index >= 15 is 0 Å². The van der Waals surface area contributed by atoms with Crippen LogP contribution in [0.25, 0.3) is 0 Å². The average Bonchev–Trinajstić information content (AvgIpc) is 2.76. The number of nitrogens with zero attached hydrogens (tertiary/aromatic N) is 2. The molecule has 20 heavy (non-hydrogen) atoms. The van der Waals surface area contributed by atoms with Gasteiger partial charge in [-0.15, -0.1) is 0 Å². The normalized spacial score (nSPS) is 11.8. The lowest BCUT2D eigenvalue weighted by molar-refractivity contribution is -0.138. The summed E-state index contributed by atoms with van der Waals surface area (Å²) in [6.07, 6.45) is -0.778. The van der Waals surface area contributed by atoms with Gasteiger partial charge in [0, 0.05) is 18.1 Å². The van der Waals surface area contributed by atoms with Crippen LogP contribution < -0.4 is 5.73 Å². The number of rotatable bonds is 4. The molecule has 0 atom stereocenters. The van der Waals surface area contributed by atoms with Gasteiger partial charge in [-0.05, 0) is 30.7 Å². The fourth-order valence-electron chi connectivity index (χ4n) is 1.84. The number of halogens is 3. The molecule has 0 unspecified atom stereocenters. The van der Waals surface area contributed by atoms with Gasteiger partial charge in [0.2, 0.25) is 0 Å². The van der Waals surface area contributed by atoms with E-state index in [0.29, 0.717) is 4.90 Å². The highest BCUT2D eigenvalue weighted by molar-refractivity contribution is 7.99. The maximum Gasteiger partial charge on any atom is 0.416 e. The molecule has 0 aliphatic carbocycles. The molecule has 3 nitrogen and oxygen atoms in total. The highest BCUT2D eigenvalue weighted by Crippen LogP contribution is 2.36. The van der Waals surface area contributed by atoms with E-state index in [1.54, 1.807) is 30.2 Å². The monoisotopic (exact) mass is 301 g/mol. The Labute approximate surface area is 119 Å². The largest absolute Gasteiger partial charge is 0.416 e. The number of hydrogen-bond donors (Lipinski definition) is 1. The lowest BCUT2D eigenvalue weighted by Crippen LogP contribution is -2.12. The molecule has 2 N–H and O–H groups in total. The molecule has 7 heteroatoms. The van der Waals surface area contributed by atoms with Gasteiger partial charge in [0.25, 0.3) is 0 Å². The molecule has 1 heterocycles. The van der Waals surface area contributed by atoms with Crippen LogP contribution in [0.1, 0.15) is 11.1 Å². The van der Waals surface area contributed by atoms with Crippen LogP contribution in [0.3, 0.4) is 0 Å². The lowest BCUT2D eigenvalue weighted by Gasteiger charge is -2.13. The fraction of sp³-hybridized carbons (Fsp3) is 0.308. The van der Waals surface area contributed by atoms with Gasteiger partial charge in [-0.25, -0.2) is 0 Å². The highest BCUT2D eigenvalue weighted by Gasteiger charge is 2.33. The van der Waals surface area contributed by atoms with Crippen molar-refractivity contribution >= 4 is 11.8 Å². The summed E-state index contributed by atoms with van der Waals surface area (Å²) in [5.74, 6) is 0. The van der Waals surface area contributed by atoms with Crippen LogP contribution in [0, 0.1) is 0 Å². The van der Waals surface area contributed by atoms with Gasteiger partial charge in [-0.1, -0.05) is 17.8 Å². The first-order chi connectivity index (χ1) is 9.40. The molecule has 0 saturated carbocycles. The Morgan fingerprint density at radius 2 is 2.05 bits per heavy atom. The topological polar surface area (TPSA) is 43.8 Å². The van der Waals surface area contributed by atoms with Crippen molar-refractivity contribution in [3.63, 3.8) is 0 Å². The quantitative estimate of drug-likeness (QED) is 0.943. The summed E-state index contributed by atoms with van der Waals surface area (Å²) in [4.78, 5) is 1.33. The molecule has 2 aromatic rings. The van der Waals surface area contributed by atoms with E-state index in [4.69, 9.17) is 5.73 Å². The number of nitrogens with two attached hydrogens (primary N) is 1. The average molecular weight is 301 g/mol. The van der Waals surface area contributed by atoms with Crippen molar-refractivity contribution in [3.8, 4) is 0 Å². The van der Waals surface area contributed by atoms with E-state index in [9.17, 15) is 13.2 Å². The second-order valence-corrected chi connectivity index (χ2v) is 5.45. The molecule has 0 aliphatic rings. The van der Waals surface area contributed by atoms with Crippen molar-refractivity contribution in [1.29, 1.82) is 0 Å². The molecule has 1 aromatic heterocycles. The Hall–Kier alpha value is -1.47. The number of hydrogen-bond acceptors (Lipinski definition) is 3. The van der Waals surface area contributed by atoms with Crippen LogP contribution in [0.4, 0.5) is 13.2 Å². The summed E-state index contributed by atoms with van der Waals surface area (Å²) in [5, 5.41) is 3.99. The van der Waals surface area contributed by atoms with Crippen LogP contribution in [-0.4, -0.2) is 16.3 Å². The van der Waals surface area contributed by atoms with Gasteiger partial charge in [0.05, 0.1) is 16.7 Å². The third-order valence-corrected chi connectivity index (χ3v) is 3.65. The van der Waals surface area contributed by atoms with Crippen LogP contribution in [0.2, 0.25) is 0 Å². The lowest BCUT2D eigenvalue weighted by atomic mass is 10.0. The summed E-state index contributed by atoms with van der Waals surface area (Å²) < 4.78 is 40.7. The zero-order valence-corrected chi connectivity index (χ0v) is 11.6. The summed E-state index contributed by atoms with van der Waals surface area (Å²) >= 11 is 1.25. The van der Waals surface area contributed by atoms with Crippen LogP contribution in [0.15, 0.2) is 40.4 Å². The van der Waals surface area contributed by atoms with Crippen LogP contribution in [-0.2, 0) is 19.6 Å². The number of aromatic nitrogens is 2. The SMILES string of the molecule is Cn1cc(Sc2ccc(CCN)c(C(F)(F)F)c2)cn1. The first-order valence-electron chi connectivity index (χ1n) is 5.97. The van der Waals surface area contributed by atoms with Crippen molar-refractivity contribution in [2.45, 2.75) is 22.4 Å². The molecule has 0 fully saturated rings. The second-order valence-electron chi connectivity index (χ2n) is 4.31. The third kappa shape index (κ3) is 3.55. The van der Waals surface area contributed by atoms with Gasteiger partial charge < -0.3 is 5.73 Å². The van der Waals surface area contributed by atoms with E-state index in [1.807, 2.05) is 0 Å². The minimum Gasteiger partial charge on any atom is -0.330 e. The van der Waals surface area contributed by atoms with Crippen LogP contribution >= 0.6 is 11.8 Å². The third-order valence-electron chi connectivity index (χ3n) is 2.72. The molecule has 1 aromatic carbocycles. The van der Waals surface area contributed by atoms with Crippen molar-refractivity contribution < 1.29 is 13.2 Å². The number of alkyl halides is 3. The molecular formula is C13H14F3N3S. The zero-order chi connectivity index (χ0) is 14.8. The minimum atomic E-state index is -4.37. The van der Waals surface area contributed by atoms with E-state index < -0.39 is 11.7 Å². The summed E-state index contributed by atoms with van der Waals surface area (Å²) in [6.45, 7) is 0.193. The van der Waals surface area contributed by atoms with Gasteiger partial charge >= 0.3 is 6.18 Å². The minimum absolute atomic E-state index is 0.193. The molecule has 0 amide bonds. The standard InChI is InChI=1S/C13H14F3N3S/c1-19-8-11(7-18-19)20-10-3-2-9(4-5-17)12(6-10)13(14,15)16/h2-3,6-8H,4-5,17H2,1H3. The second kappa shape index (κ2) is 5.88. The maximum atomic E-state index is 13.0. The predicted octanol–water partition coefficient (Wildman–Crippen LogP) is 3.09. The molecule has 0 bridgehead atoms. The van der Waals surface area contributed by atoms with Gasteiger partial charge in [0.1, 0.15) is 0 Å². The van der Waals surface area contributed by atoms with Crippen molar-refractivity contribution in [3.05, 3.63) is 41.7 Å². The van der Waals surface area contributed by atoms with E-state index in [2.05, 4.69) is 5.10 Å². The Balaban J connectivity index is 2.31. The molecule has 108 valence electrons. The van der Waals surface area contributed by atoms with Crippen molar-refractivity contribution in [2.75, 3.05) is 6.54 Å². The Kier molecular flexibility index (Phi) is 4.39. The Morgan fingerprint density at radius 3 is 2.60 bits per heavy atom. The highest BCUT2D eigenvalue weighted by atomic mass is 32.2. The smallest absolute Gasteiger partial charge is 0.330 e. The molecular weight excluding hydrogens is 287 g/mol. The molecule has 2 rings (SSSR count). The Morgan fingerprint density at radius 1 is 1.30 bits per heavy atom. The summed E-state index contributed by atoms with van der Waals surface area (Å²) in [7, 11) is 1.76. The molecule has 0 spiro atoms. The van der Waals surface area contributed by atoms with E-state index in [-0.39, 0.29) is 18.5 Å². The maximum absolute atomic E-state index is 13.0. The molecule has 0 radical (unpaired) electrons. The van der Waals surface area contributed by atoms with Gasteiger partial charge in [-0.2, -0.15) is 18.3 Å². The molecule has 0 aliphatic heterocycles. The number of aryl methyl sites for hydroxylation is 1. The van der Waals surface area contributed by atoms with Crippen molar-refractivity contribution in [2.24, 2.45) is 12.8 Å². The summed E-state index contributed by atoms with van der Waals surface area (Å²) in [6, 6.07) is 4.34. The van der Waals surface area contributed by atoms with Gasteiger partial charge in [-0.3, -0.25) is 4.68 Å².